The first-order valence-electron chi connectivity index (χ1n) is 8.78. The molecule has 0 bridgehead atoms. The Morgan fingerprint density at radius 2 is 1.92 bits per heavy atom. The van der Waals surface area contributed by atoms with Gasteiger partial charge in [-0.1, -0.05) is 18.6 Å². The van der Waals surface area contributed by atoms with Crippen LogP contribution in [0.2, 0.25) is 0 Å². The van der Waals surface area contributed by atoms with E-state index in [4.69, 9.17) is 0 Å². The Hall–Kier alpha value is -2.14. The summed E-state index contributed by atoms with van der Waals surface area (Å²) in [5.41, 5.74) is 0.902. The number of nitrogens with zero attached hydrogens (tertiary/aromatic N) is 3. The van der Waals surface area contributed by atoms with Crippen LogP contribution in [0.1, 0.15) is 42.5 Å². The average Bonchev–Trinajstić information content (AvgIpc) is 3.07. The van der Waals surface area contributed by atoms with Crippen LogP contribution in [-0.2, 0) is 0 Å². The number of para-hydroxylation sites is 1. The number of piperidine rings is 1. The number of carbonyl (C=O) groups is 1. The van der Waals surface area contributed by atoms with E-state index in [1.165, 1.54) is 6.42 Å². The highest BCUT2D eigenvalue weighted by Crippen LogP contribution is 2.42. The summed E-state index contributed by atoms with van der Waals surface area (Å²) in [6, 6.07) is 9.41. The van der Waals surface area contributed by atoms with Crippen molar-refractivity contribution in [2.75, 3.05) is 13.1 Å². The number of rotatable bonds is 3. The van der Waals surface area contributed by atoms with E-state index in [-0.39, 0.29) is 5.91 Å². The molecule has 0 spiro atoms. The number of aliphatic hydroxyl groups is 1. The molecule has 5 heteroatoms. The van der Waals surface area contributed by atoms with Crippen LogP contribution in [0.25, 0.3) is 5.69 Å². The number of benzene rings is 1. The molecular weight excluding hydrogens is 302 g/mol. The Bertz CT molecular complexity index is 714. The van der Waals surface area contributed by atoms with Crippen LogP contribution in [0.5, 0.6) is 0 Å². The molecule has 1 amide bonds. The van der Waals surface area contributed by atoms with E-state index >= 15 is 0 Å². The smallest absolute Gasteiger partial charge is 0.256 e. The first-order chi connectivity index (χ1) is 11.7. The number of amides is 1. The minimum atomic E-state index is -0.559. The third-order valence-corrected chi connectivity index (χ3v) is 5.67. The van der Waals surface area contributed by atoms with Gasteiger partial charge in [0.1, 0.15) is 0 Å². The lowest BCUT2D eigenvalue weighted by molar-refractivity contribution is -0.0861. The van der Waals surface area contributed by atoms with E-state index in [9.17, 15) is 9.90 Å². The Balaban J connectivity index is 1.51. The first kappa shape index (κ1) is 15.4. The van der Waals surface area contributed by atoms with Crippen molar-refractivity contribution in [3.63, 3.8) is 0 Å². The number of likely N-dealkylation sites (tertiary alicyclic amines) is 1. The maximum Gasteiger partial charge on any atom is 0.256 e. The van der Waals surface area contributed by atoms with Crippen molar-refractivity contribution in [2.45, 2.75) is 37.7 Å². The largest absolute Gasteiger partial charge is 0.389 e. The predicted molar refractivity (Wildman–Crippen MR) is 91.0 cm³/mol. The van der Waals surface area contributed by atoms with Crippen LogP contribution in [0.3, 0.4) is 0 Å². The van der Waals surface area contributed by atoms with Gasteiger partial charge in [0, 0.05) is 25.5 Å². The second-order valence-corrected chi connectivity index (χ2v) is 6.99. The molecule has 1 aliphatic carbocycles. The lowest BCUT2D eigenvalue weighted by Crippen LogP contribution is -2.52. The molecule has 24 heavy (non-hydrogen) atoms. The molecule has 0 atom stereocenters. The second kappa shape index (κ2) is 6.06. The molecule has 0 radical (unpaired) electrons. The van der Waals surface area contributed by atoms with Crippen molar-refractivity contribution in [1.29, 1.82) is 0 Å². The van der Waals surface area contributed by atoms with E-state index in [1.807, 2.05) is 41.4 Å². The van der Waals surface area contributed by atoms with Gasteiger partial charge in [-0.25, -0.2) is 4.68 Å². The molecule has 1 saturated heterocycles. The molecule has 2 aliphatic rings. The highest BCUT2D eigenvalue weighted by molar-refractivity contribution is 5.97. The Morgan fingerprint density at radius 3 is 2.54 bits per heavy atom. The second-order valence-electron chi connectivity index (χ2n) is 6.99. The number of hydrogen-bond acceptors (Lipinski definition) is 3. The standard InChI is InChI=1S/C19H23N3O2/c23-18(16-7-1-2-8-17(16)22-12-4-11-20-22)21-13-9-19(24,10-14-21)15-5-3-6-15/h1-2,4,7-8,11-12,15,24H,3,5-6,9-10,13-14H2. The monoisotopic (exact) mass is 325 g/mol. The molecule has 2 fully saturated rings. The van der Waals surface area contributed by atoms with Gasteiger partial charge in [0.05, 0.1) is 16.9 Å². The summed E-state index contributed by atoms with van der Waals surface area (Å²) in [6.45, 7) is 1.25. The summed E-state index contributed by atoms with van der Waals surface area (Å²) < 4.78 is 1.72. The van der Waals surface area contributed by atoms with Crippen molar-refractivity contribution < 1.29 is 9.90 Å². The zero-order valence-corrected chi connectivity index (χ0v) is 13.8. The summed E-state index contributed by atoms with van der Waals surface area (Å²) >= 11 is 0. The van der Waals surface area contributed by atoms with Crippen molar-refractivity contribution in [1.82, 2.24) is 14.7 Å². The minimum Gasteiger partial charge on any atom is -0.389 e. The predicted octanol–water partition coefficient (Wildman–Crippen LogP) is 2.64. The first-order valence-corrected chi connectivity index (χ1v) is 8.78. The van der Waals surface area contributed by atoms with Gasteiger partial charge in [-0.2, -0.15) is 5.10 Å². The van der Waals surface area contributed by atoms with Gasteiger partial charge in [-0.3, -0.25) is 4.79 Å². The molecule has 126 valence electrons. The summed E-state index contributed by atoms with van der Waals surface area (Å²) in [5.74, 6) is 0.461. The molecule has 1 N–H and O–H groups in total. The topological polar surface area (TPSA) is 58.4 Å². The van der Waals surface area contributed by atoms with E-state index in [0.717, 1.165) is 18.5 Å². The summed E-state index contributed by atoms with van der Waals surface area (Å²) in [5, 5.41) is 15.1. The van der Waals surface area contributed by atoms with Gasteiger partial charge in [0.2, 0.25) is 0 Å². The summed E-state index contributed by atoms with van der Waals surface area (Å²) in [6.07, 6.45) is 8.42. The van der Waals surface area contributed by atoms with Gasteiger partial charge in [0.25, 0.3) is 5.91 Å². The van der Waals surface area contributed by atoms with Crippen LogP contribution in [0.4, 0.5) is 0 Å². The molecule has 4 rings (SSSR count). The Labute approximate surface area is 141 Å². The van der Waals surface area contributed by atoms with Crippen LogP contribution in [0, 0.1) is 5.92 Å². The van der Waals surface area contributed by atoms with Crippen molar-refractivity contribution in [3.8, 4) is 5.69 Å². The molecule has 2 heterocycles. The molecular formula is C19H23N3O2. The fourth-order valence-corrected chi connectivity index (χ4v) is 3.89. The maximum atomic E-state index is 13.0. The quantitative estimate of drug-likeness (QED) is 0.944. The third kappa shape index (κ3) is 2.63. The summed E-state index contributed by atoms with van der Waals surface area (Å²) in [4.78, 5) is 14.9. The van der Waals surface area contributed by atoms with E-state index in [0.29, 0.717) is 37.4 Å². The molecule has 2 aromatic rings. The van der Waals surface area contributed by atoms with Crippen molar-refractivity contribution in [3.05, 3.63) is 48.3 Å². The molecule has 0 unspecified atom stereocenters. The lowest BCUT2D eigenvalue weighted by atomic mass is 9.69. The number of hydrogen-bond donors (Lipinski definition) is 1. The van der Waals surface area contributed by atoms with Crippen LogP contribution in [-0.4, -0.2) is 44.4 Å². The van der Waals surface area contributed by atoms with Crippen LogP contribution >= 0.6 is 0 Å². The van der Waals surface area contributed by atoms with Gasteiger partial charge in [0.15, 0.2) is 0 Å². The van der Waals surface area contributed by atoms with Gasteiger partial charge in [-0.05, 0) is 49.8 Å². The summed E-state index contributed by atoms with van der Waals surface area (Å²) in [7, 11) is 0. The normalized spacial score (nSPS) is 20.6. The zero-order chi connectivity index (χ0) is 16.6. The van der Waals surface area contributed by atoms with E-state index < -0.39 is 5.60 Å². The fraction of sp³-hybridized carbons (Fsp3) is 0.474. The maximum absolute atomic E-state index is 13.0. The molecule has 1 aromatic carbocycles. The van der Waals surface area contributed by atoms with Crippen molar-refractivity contribution in [2.24, 2.45) is 5.92 Å². The van der Waals surface area contributed by atoms with Gasteiger partial charge in [-0.15, -0.1) is 0 Å². The lowest BCUT2D eigenvalue weighted by Gasteiger charge is -2.46. The number of aromatic nitrogens is 2. The van der Waals surface area contributed by atoms with Crippen LogP contribution in [0.15, 0.2) is 42.7 Å². The van der Waals surface area contributed by atoms with E-state index in [2.05, 4.69) is 5.10 Å². The molecule has 1 aromatic heterocycles. The molecule has 5 nitrogen and oxygen atoms in total. The highest BCUT2D eigenvalue weighted by Gasteiger charge is 2.43. The highest BCUT2D eigenvalue weighted by atomic mass is 16.3. The fourth-order valence-electron chi connectivity index (χ4n) is 3.89. The average molecular weight is 325 g/mol. The zero-order valence-electron chi connectivity index (χ0n) is 13.8. The van der Waals surface area contributed by atoms with Crippen LogP contribution < -0.4 is 0 Å². The van der Waals surface area contributed by atoms with E-state index in [1.54, 1.807) is 10.9 Å². The van der Waals surface area contributed by atoms with Gasteiger partial charge < -0.3 is 10.0 Å². The van der Waals surface area contributed by atoms with Crippen molar-refractivity contribution >= 4 is 5.91 Å². The number of carbonyl (C=O) groups excluding carboxylic acids is 1. The third-order valence-electron chi connectivity index (χ3n) is 5.67. The SMILES string of the molecule is O=C(c1ccccc1-n1cccn1)N1CCC(O)(C2CCC2)CC1. The van der Waals surface area contributed by atoms with Gasteiger partial charge >= 0.3 is 0 Å². The molecule has 1 saturated carbocycles. The molecule has 1 aliphatic heterocycles. The Morgan fingerprint density at radius 1 is 1.17 bits per heavy atom. The minimum absolute atomic E-state index is 0.0248. The Kier molecular flexibility index (Phi) is 3.88.